The topological polar surface area (TPSA) is 89.2 Å². The maximum absolute atomic E-state index is 12.2. The van der Waals surface area contributed by atoms with Gasteiger partial charge in [0.2, 0.25) is 5.96 Å². The van der Waals surface area contributed by atoms with Crippen molar-refractivity contribution in [2.24, 2.45) is 44.6 Å². The summed E-state index contributed by atoms with van der Waals surface area (Å²) in [5.74, 6) is 2.77. The van der Waals surface area contributed by atoms with Gasteiger partial charge in [-0.25, -0.2) is 10.4 Å². The molecular weight excluding hydrogens is 388 g/mol. The van der Waals surface area contributed by atoms with Crippen LogP contribution in [0, 0.1) is 34.5 Å². The van der Waals surface area contributed by atoms with Gasteiger partial charge < -0.3 is 15.5 Å². The number of aliphatic hydroxyl groups excluding tert-OH is 1. The number of rotatable bonds is 3. The Balaban J connectivity index is 1.29. The smallest absolute Gasteiger partial charge is 0.212 e. The molecule has 0 spiro atoms. The first kappa shape index (κ1) is 21.4. The summed E-state index contributed by atoms with van der Waals surface area (Å²) in [5.41, 5.74) is 2.62. The molecule has 1 heterocycles. The highest BCUT2D eigenvalue weighted by Gasteiger charge is 2.66. The third-order valence-corrected chi connectivity index (χ3v) is 10.2. The molecule has 0 radical (unpaired) electrons. The molecule has 1 aliphatic heterocycles. The van der Waals surface area contributed by atoms with Gasteiger partial charge >= 0.3 is 0 Å². The van der Waals surface area contributed by atoms with Crippen molar-refractivity contribution < 1.29 is 10.2 Å². The van der Waals surface area contributed by atoms with E-state index in [9.17, 15) is 10.2 Å². The predicted octanol–water partition coefficient (Wildman–Crippen LogP) is 3.21. The highest BCUT2D eigenvalue weighted by atomic mass is 16.3. The van der Waals surface area contributed by atoms with Gasteiger partial charge in [0.15, 0.2) is 0 Å². The van der Waals surface area contributed by atoms with Crippen molar-refractivity contribution in [1.82, 2.24) is 10.7 Å². The van der Waals surface area contributed by atoms with E-state index in [1.807, 2.05) is 6.08 Å². The molecule has 6 nitrogen and oxygen atoms in total. The average Bonchev–Trinajstić information content (AvgIpc) is 3.35. The molecule has 0 amide bonds. The van der Waals surface area contributed by atoms with E-state index < -0.39 is 5.60 Å². The minimum absolute atomic E-state index is 0.0552. The van der Waals surface area contributed by atoms with Crippen LogP contribution in [0.5, 0.6) is 0 Å². The van der Waals surface area contributed by atoms with E-state index in [1.54, 1.807) is 6.21 Å². The minimum Gasteiger partial charge on any atom is -0.393 e. The van der Waals surface area contributed by atoms with Crippen molar-refractivity contribution in [3.05, 3.63) is 12.2 Å². The Bertz CT molecular complexity index is 781. The van der Waals surface area contributed by atoms with E-state index >= 15 is 0 Å². The molecule has 4 N–H and O–H groups in total. The van der Waals surface area contributed by atoms with Crippen LogP contribution in [0.3, 0.4) is 0 Å². The Morgan fingerprint density at radius 1 is 1.10 bits per heavy atom. The second kappa shape index (κ2) is 7.87. The number of nitrogens with zero attached hydrogens (tertiary/aromatic N) is 2. The Hall–Kier alpha value is -1.40. The summed E-state index contributed by atoms with van der Waals surface area (Å²) in [5, 5.41) is 29.8. The normalized spacial score (nSPS) is 49.4. The summed E-state index contributed by atoms with van der Waals surface area (Å²) in [6.45, 7) is 6.49. The summed E-state index contributed by atoms with van der Waals surface area (Å²) >= 11 is 0. The maximum atomic E-state index is 12.2. The van der Waals surface area contributed by atoms with E-state index in [-0.39, 0.29) is 11.5 Å². The zero-order valence-corrected chi connectivity index (χ0v) is 19.2. The highest BCUT2D eigenvalue weighted by molar-refractivity contribution is 5.82. The lowest BCUT2D eigenvalue weighted by molar-refractivity contribution is -0.207. The number of allylic oxidation sites excluding steroid dienone is 2. The van der Waals surface area contributed by atoms with Gasteiger partial charge in [0.05, 0.1) is 18.2 Å². The number of hydrogen-bond acceptors (Lipinski definition) is 6. The van der Waals surface area contributed by atoms with Crippen molar-refractivity contribution in [3.63, 3.8) is 0 Å². The van der Waals surface area contributed by atoms with Gasteiger partial charge in [-0.2, -0.15) is 5.10 Å². The first-order chi connectivity index (χ1) is 14.9. The number of hydrazone groups is 1. The van der Waals surface area contributed by atoms with Crippen molar-refractivity contribution in [2.45, 2.75) is 83.3 Å². The summed E-state index contributed by atoms with van der Waals surface area (Å²) in [7, 11) is 0. The van der Waals surface area contributed by atoms with Crippen LogP contribution in [0.25, 0.3) is 0 Å². The monoisotopic (exact) mass is 428 g/mol. The van der Waals surface area contributed by atoms with Crippen LogP contribution in [-0.2, 0) is 0 Å². The van der Waals surface area contributed by atoms with E-state index in [1.165, 1.54) is 12.8 Å². The van der Waals surface area contributed by atoms with Gasteiger partial charge in [-0.3, -0.25) is 0 Å². The Morgan fingerprint density at radius 2 is 1.97 bits per heavy atom. The zero-order chi connectivity index (χ0) is 21.7. The molecule has 172 valence electrons. The molecule has 0 aromatic heterocycles. The number of guanidine groups is 1. The second-order valence-electron chi connectivity index (χ2n) is 11.4. The van der Waals surface area contributed by atoms with Crippen LogP contribution in [0.15, 0.2) is 22.2 Å². The largest absolute Gasteiger partial charge is 0.393 e. The SMILES string of the molecule is C[C@]12CC[C@H](O)C[C@H]1CC[C@@H]1[C@@H]2CC[C@]2(C)C(/C=C/C=N/NC3=NCCN3)CC[C@]12O. The van der Waals surface area contributed by atoms with Gasteiger partial charge in [0, 0.05) is 18.2 Å². The summed E-state index contributed by atoms with van der Waals surface area (Å²) in [6, 6.07) is 0. The van der Waals surface area contributed by atoms with Crippen LogP contribution >= 0.6 is 0 Å². The molecule has 8 atom stereocenters. The lowest BCUT2D eigenvalue weighted by atomic mass is 9.43. The standard InChI is InChI=1S/C25H40N4O2/c1-23-10-8-19(30)16-18(23)5-6-21-20(23)9-11-24(2)17(7-12-25(21,24)31)4-3-13-28-29-22-26-14-15-27-22/h3-4,13,17-21,30-31H,5-12,14-16H2,1-2H3,(H2,26,27,29)/b4-3+,28-13+/t17?,18-,19+,20+,21-,23+,24-,25+/m1/s1. The van der Waals surface area contributed by atoms with E-state index in [0.717, 1.165) is 64.0 Å². The Morgan fingerprint density at radius 3 is 2.77 bits per heavy atom. The van der Waals surface area contributed by atoms with Crippen molar-refractivity contribution in [3.8, 4) is 0 Å². The number of fused-ring (bicyclic) bond motifs is 5. The minimum atomic E-state index is -0.563. The number of nitrogens with one attached hydrogen (secondary N) is 2. The van der Waals surface area contributed by atoms with Crippen LogP contribution in [0.2, 0.25) is 0 Å². The number of aliphatic hydroxyl groups is 2. The second-order valence-corrected chi connectivity index (χ2v) is 11.4. The molecule has 0 aromatic rings. The van der Waals surface area contributed by atoms with Crippen LogP contribution in [0.4, 0.5) is 0 Å². The molecule has 5 aliphatic rings. The molecule has 0 aromatic carbocycles. The maximum Gasteiger partial charge on any atom is 0.212 e. The highest BCUT2D eigenvalue weighted by Crippen LogP contribution is 2.69. The van der Waals surface area contributed by atoms with Crippen molar-refractivity contribution >= 4 is 12.2 Å². The van der Waals surface area contributed by atoms with Crippen LogP contribution in [0.1, 0.15) is 71.6 Å². The molecule has 0 bridgehead atoms. The van der Waals surface area contributed by atoms with Gasteiger partial charge in [-0.05, 0) is 93.0 Å². The zero-order valence-electron chi connectivity index (χ0n) is 19.2. The van der Waals surface area contributed by atoms with Gasteiger partial charge in [0.1, 0.15) is 0 Å². The number of aliphatic imine (C=N–C) groups is 1. The lowest BCUT2D eigenvalue weighted by Gasteiger charge is -2.63. The quantitative estimate of drug-likeness (QED) is 0.410. The predicted molar refractivity (Wildman–Crippen MR) is 124 cm³/mol. The van der Waals surface area contributed by atoms with Crippen LogP contribution in [-0.4, -0.2) is 47.2 Å². The third kappa shape index (κ3) is 3.36. The molecule has 5 rings (SSSR count). The molecule has 0 saturated heterocycles. The Labute approximate surface area is 186 Å². The van der Waals surface area contributed by atoms with Gasteiger partial charge in [-0.1, -0.05) is 19.9 Å². The van der Waals surface area contributed by atoms with Crippen LogP contribution < -0.4 is 10.7 Å². The molecule has 6 heteroatoms. The van der Waals surface area contributed by atoms with E-state index in [0.29, 0.717) is 29.1 Å². The van der Waals surface area contributed by atoms with Crippen molar-refractivity contribution in [1.29, 1.82) is 0 Å². The lowest BCUT2D eigenvalue weighted by Crippen LogP contribution is -2.62. The average molecular weight is 429 g/mol. The first-order valence-electron chi connectivity index (χ1n) is 12.5. The molecule has 4 aliphatic carbocycles. The third-order valence-electron chi connectivity index (χ3n) is 10.2. The fourth-order valence-corrected chi connectivity index (χ4v) is 8.35. The molecule has 31 heavy (non-hydrogen) atoms. The van der Waals surface area contributed by atoms with E-state index in [2.05, 4.69) is 40.8 Å². The number of hydrogen-bond donors (Lipinski definition) is 4. The van der Waals surface area contributed by atoms with Crippen molar-refractivity contribution in [2.75, 3.05) is 13.1 Å². The molecule has 4 saturated carbocycles. The fraction of sp³-hybridized carbons (Fsp3) is 0.840. The molecule has 1 unspecified atom stereocenters. The molecular formula is C25H40N4O2. The summed E-state index contributed by atoms with van der Waals surface area (Å²) in [4.78, 5) is 4.27. The van der Waals surface area contributed by atoms with E-state index in [4.69, 9.17) is 0 Å². The fourth-order valence-electron chi connectivity index (χ4n) is 8.35. The first-order valence-corrected chi connectivity index (χ1v) is 12.5. The summed E-state index contributed by atoms with van der Waals surface area (Å²) < 4.78 is 0. The molecule has 4 fully saturated rings. The Kier molecular flexibility index (Phi) is 5.45. The summed E-state index contributed by atoms with van der Waals surface area (Å²) in [6.07, 6.45) is 15.6. The van der Waals surface area contributed by atoms with Gasteiger partial charge in [-0.15, -0.1) is 0 Å². The van der Waals surface area contributed by atoms with Gasteiger partial charge in [0.25, 0.3) is 0 Å².